The van der Waals surface area contributed by atoms with Crippen molar-refractivity contribution < 1.29 is 4.79 Å². The number of fused-ring (bicyclic) bond motifs is 1. The Morgan fingerprint density at radius 1 is 1.19 bits per heavy atom. The summed E-state index contributed by atoms with van der Waals surface area (Å²) in [6.07, 6.45) is 2.60. The van der Waals surface area contributed by atoms with Crippen LogP contribution in [0, 0.1) is 5.92 Å². The minimum absolute atomic E-state index is 0.302. The van der Waals surface area contributed by atoms with E-state index in [1.165, 1.54) is 11.1 Å². The average Bonchev–Trinajstić information content (AvgIpc) is 2.83. The molecule has 2 N–H and O–H groups in total. The molecule has 0 saturated carbocycles. The lowest BCUT2D eigenvalue weighted by Crippen LogP contribution is -2.36. The molecule has 0 aliphatic carbocycles. The van der Waals surface area contributed by atoms with Gasteiger partial charge in [0.2, 0.25) is 5.91 Å². The number of rotatable bonds is 3. The normalized spacial score (nSPS) is 28.5. The quantitative estimate of drug-likeness (QED) is 0.892. The summed E-state index contributed by atoms with van der Waals surface area (Å²) in [4.78, 5) is 14.5. The average molecular weight is 287 g/mol. The van der Waals surface area contributed by atoms with Gasteiger partial charge in [-0.05, 0) is 43.7 Å². The largest absolute Gasteiger partial charge is 0.338 e. The molecule has 0 bridgehead atoms. The summed E-state index contributed by atoms with van der Waals surface area (Å²) in [5, 5.41) is 0. The number of carbonyl (C=O) groups is 1. The van der Waals surface area contributed by atoms with E-state index in [1.54, 1.807) is 0 Å². The molecule has 2 atom stereocenters. The van der Waals surface area contributed by atoms with E-state index in [2.05, 4.69) is 49.0 Å². The molecule has 3 rings (SSSR count). The fourth-order valence-electron chi connectivity index (χ4n) is 3.57. The molecule has 0 spiro atoms. The number of benzene rings is 1. The third-order valence-corrected chi connectivity index (χ3v) is 5.00. The van der Waals surface area contributed by atoms with E-state index in [4.69, 9.17) is 0 Å². The Balaban J connectivity index is 1.55. The molecule has 21 heavy (non-hydrogen) atoms. The zero-order valence-corrected chi connectivity index (χ0v) is 12.9. The van der Waals surface area contributed by atoms with Crippen LogP contribution in [0.3, 0.4) is 0 Å². The summed E-state index contributed by atoms with van der Waals surface area (Å²) in [5.41, 5.74) is 9.23. The van der Waals surface area contributed by atoms with Crippen molar-refractivity contribution in [2.24, 2.45) is 5.92 Å². The molecular weight excluding hydrogens is 262 g/mol. The fourth-order valence-corrected chi connectivity index (χ4v) is 3.57. The molecule has 114 valence electrons. The van der Waals surface area contributed by atoms with Crippen molar-refractivity contribution in [1.82, 2.24) is 15.8 Å². The molecule has 1 saturated heterocycles. The van der Waals surface area contributed by atoms with Crippen LogP contribution in [0.1, 0.15) is 37.8 Å². The van der Waals surface area contributed by atoms with E-state index >= 15 is 0 Å². The first-order valence-electron chi connectivity index (χ1n) is 8.01. The lowest BCUT2D eigenvalue weighted by atomic mass is 9.91. The third-order valence-electron chi connectivity index (χ3n) is 5.00. The molecule has 2 heterocycles. The van der Waals surface area contributed by atoms with Crippen molar-refractivity contribution in [3.8, 4) is 0 Å². The van der Waals surface area contributed by atoms with Gasteiger partial charge in [-0.1, -0.05) is 24.3 Å². The second-order valence-electron chi connectivity index (χ2n) is 6.40. The van der Waals surface area contributed by atoms with Crippen LogP contribution >= 0.6 is 0 Å². The first-order chi connectivity index (χ1) is 10.1. The molecule has 1 fully saturated rings. The van der Waals surface area contributed by atoms with E-state index in [9.17, 15) is 4.79 Å². The predicted octanol–water partition coefficient (Wildman–Crippen LogP) is 1.85. The lowest BCUT2D eigenvalue weighted by Gasteiger charge is -2.29. The summed E-state index contributed by atoms with van der Waals surface area (Å²) in [6.45, 7) is 6.01. The Morgan fingerprint density at radius 2 is 1.86 bits per heavy atom. The van der Waals surface area contributed by atoms with Crippen molar-refractivity contribution in [3.05, 3.63) is 35.4 Å². The van der Waals surface area contributed by atoms with Crippen molar-refractivity contribution in [2.75, 3.05) is 6.54 Å². The van der Waals surface area contributed by atoms with Crippen LogP contribution in [0.15, 0.2) is 24.3 Å². The summed E-state index contributed by atoms with van der Waals surface area (Å²) in [5.74, 6) is 0.835. The molecule has 2 aliphatic heterocycles. The zero-order chi connectivity index (χ0) is 14.8. The minimum atomic E-state index is 0.302. The van der Waals surface area contributed by atoms with Crippen LogP contribution in [-0.2, 0) is 17.8 Å². The van der Waals surface area contributed by atoms with Gasteiger partial charge < -0.3 is 4.90 Å². The SMILES string of the molecule is CC1NNC(C)C1CCC(=O)N1CCc2ccccc2C1. The van der Waals surface area contributed by atoms with Gasteiger partial charge in [0, 0.05) is 31.6 Å². The molecule has 0 radical (unpaired) electrons. The molecule has 4 nitrogen and oxygen atoms in total. The molecule has 2 aliphatic rings. The second-order valence-corrected chi connectivity index (χ2v) is 6.40. The summed E-state index contributed by atoms with van der Waals surface area (Å²) in [7, 11) is 0. The monoisotopic (exact) mass is 287 g/mol. The van der Waals surface area contributed by atoms with Crippen molar-refractivity contribution in [1.29, 1.82) is 0 Å². The van der Waals surface area contributed by atoms with Gasteiger partial charge in [-0.25, -0.2) is 0 Å². The summed E-state index contributed by atoms with van der Waals surface area (Å²) < 4.78 is 0. The van der Waals surface area contributed by atoms with Crippen LogP contribution in [0.2, 0.25) is 0 Å². The first kappa shape index (κ1) is 14.5. The van der Waals surface area contributed by atoms with E-state index in [-0.39, 0.29) is 0 Å². The lowest BCUT2D eigenvalue weighted by molar-refractivity contribution is -0.132. The van der Waals surface area contributed by atoms with Crippen molar-refractivity contribution in [2.45, 2.75) is 51.7 Å². The Kier molecular flexibility index (Phi) is 4.27. The highest BCUT2D eigenvalue weighted by atomic mass is 16.2. The van der Waals surface area contributed by atoms with Crippen LogP contribution < -0.4 is 10.9 Å². The van der Waals surface area contributed by atoms with Gasteiger partial charge in [0.05, 0.1) is 0 Å². The van der Waals surface area contributed by atoms with Crippen molar-refractivity contribution >= 4 is 5.91 Å². The maximum absolute atomic E-state index is 12.5. The van der Waals surface area contributed by atoms with Crippen molar-refractivity contribution in [3.63, 3.8) is 0 Å². The van der Waals surface area contributed by atoms with E-state index in [0.717, 1.165) is 25.9 Å². The van der Waals surface area contributed by atoms with Crippen LogP contribution in [0.5, 0.6) is 0 Å². The Bertz CT molecular complexity index is 507. The number of hydrogen-bond acceptors (Lipinski definition) is 3. The number of hydrogen-bond donors (Lipinski definition) is 2. The standard InChI is InChI=1S/C17H25N3O/c1-12-16(13(2)19-18-12)7-8-17(21)20-10-9-14-5-3-4-6-15(14)11-20/h3-6,12-13,16,18-19H,7-11H2,1-2H3. The van der Waals surface area contributed by atoms with Crippen LogP contribution in [0.4, 0.5) is 0 Å². The molecule has 4 heteroatoms. The molecule has 1 aromatic rings. The highest BCUT2D eigenvalue weighted by molar-refractivity contribution is 5.76. The highest BCUT2D eigenvalue weighted by Gasteiger charge is 2.30. The maximum atomic E-state index is 12.5. The number of nitrogens with one attached hydrogen (secondary N) is 2. The topological polar surface area (TPSA) is 44.4 Å². The van der Waals surface area contributed by atoms with Crippen LogP contribution in [0.25, 0.3) is 0 Å². The third kappa shape index (κ3) is 3.11. The molecule has 2 unspecified atom stereocenters. The number of amides is 1. The molecule has 1 amide bonds. The number of nitrogens with zero attached hydrogens (tertiary/aromatic N) is 1. The van der Waals surface area contributed by atoms with E-state index < -0.39 is 0 Å². The fraction of sp³-hybridized carbons (Fsp3) is 0.588. The Morgan fingerprint density at radius 3 is 2.57 bits per heavy atom. The van der Waals surface area contributed by atoms with Gasteiger partial charge in [-0.3, -0.25) is 15.6 Å². The van der Waals surface area contributed by atoms with E-state index in [1.807, 2.05) is 4.90 Å². The smallest absolute Gasteiger partial charge is 0.222 e. The first-order valence-corrected chi connectivity index (χ1v) is 8.01. The summed E-state index contributed by atoms with van der Waals surface area (Å²) in [6, 6.07) is 9.34. The van der Waals surface area contributed by atoms with Gasteiger partial charge in [0.25, 0.3) is 0 Å². The number of carbonyl (C=O) groups excluding carboxylic acids is 1. The Labute approximate surface area is 126 Å². The highest BCUT2D eigenvalue weighted by Crippen LogP contribution is 2.23. The maximum Gasteiger partial charge on any atom is 0.222 e. The zero-order valence-electron chi connectivity index (χ0n) is 12.9. The summed E-state index contributed by atoms with van der Waals surface area (Å²) >= 11 is 0. The van der Waals surface area contributed by atoms with Gasteiger partial charge >= 0.3 is 0 Å². The van der Waals surface area contributed by atoms with Gasteiger partial charge in [0.15, 0.2) is 0 Å². The number of hydrazine groups is 1. The second kappa shape index (κ2) is 6.16. The minimum Gasteiger partial charge on any atom is -0.338 e. The molecule has 0 aromatic heterocycles. The van der Waals surface area contributed by atoms with Gasteiger partial charge in [0.1, 0.15) is 0 Å². The van der Waals surface area contributed by atoms with Crippen LogP contribution in [-0.4, -0.2) is 29.4 Å². The molecule has 1 aromatic carbocycles. The van der Waals surface area contributed by atoms with Gasteiger partial charge in [-0.2, -0.15) is 0 Å². The predicted molar refractivity (Wildman–Crippen MR) is 83.5 cm³/mol. The Hall–Kier alpha value is -1.39. The molecular formula is C17H25N3O. The van der Waals surface area contributed by atoms with Gasteiger partial charge in [-0.15, -0.1) is 0 Å². The van der Waals surface area contributed by atoms with E-state index in [0.29, 0.717) is 30.3 Å².